The standard InChI is InChI=1S/C18H16N2O2/c1-13-5-3-4-6-18(13)19-12-16(11-14(19)2)15-7-9-17(10-8-15)20(21)22/h3-12H,1-2H3. The summed E-state index contributed by atoms with van der Waals surface area (Å²) in [6, 6.07) is 17.0. The third kappa shape index (κ3) is 2.51. The molecule has 1 heterocycles. The minimum Gasteiger partial charge on any atom is -0.320 e. The van der Waals surface area contributed by atoms with E-state index in [2.05, 4.69) is 42.8 Å². The number of hydrogen-bond acceptors (Lipinski definition) is 2. The zero-order valence-electron chi connectivity index (χ0n) is 12.5. The molecule has 2 aromatic carbocycles. The Morgan fingerprint density at radius 2 is 1.64 bits per heavy atom. The van der Waals surface area contributed by atoms with E-state index in [0.717, 1.165) is 22.5 Å². The Labute approximate surface area is 128 Å². The Hall–Kier alpha value is -2.88. The van der Waals surface area contributed by atoms with Crippen LogP contribution in [0.15, 0.2) is 60.8 Å². The van der Waals surface area contributed by atoms with Crippen molar-refractivity contribution < 1.29 is 4.92 Å². The first-order valence-electron chi connectivity index (χ1n) is 7.06. The van der Waals surface area contributed by atoms with Gasteiger partial charge in [0.2, 0.25) is 0 Å². The van der Waals surface area contributed by atoms with E-state index in [0.29, 0.717) is 0 Å². The Morgan fingerprint density at radius 3 is 2.27 bits per heavy atom. The van der Waals surface area contributed by atoms with Gasteiger partial charge in [0.05, 0.1) is 4.92 Å². The Kier molecular flexibility index (Phi) is 3.51. The maximum atomic E-state index is 10.7. The first kappa shape index (κ1) is 14.1. The molecule has 0 saturated carbocycles. The van der Waals surface area contributed by atoms with Gasteiger partial charge in [0.15, 0.2) is 0 Å². The molecule has 0 bridgehead atoms. The summed E-state index contributed by atoms with van der Waals surface area (Å²) in [6.45, 7) is 4.14. The summed E-state index contributed by atoms with van der Waals surface area (Å²) in [6.07, 6.45) is 2.07. The SMILES string of the molecule is Cc1ccccc1-n1cc(-c2ccc([N+](=O)[O-])cc2)cc1C. The van der Waals surface area contributed by atoms with E-state index >= 15 is 0 Å². The van der Waals surface area contributed by atoms with Crippen LogP contribution in [-0.4, -0.2) is 9.49 Å². The molecule has 0 spiro atoms. The van der Waals surface area contributed by atoms with Gasteiger partial charge in [-0.25, -0.2) is 0 Å². The molecule has 0 aliphatic heterocycles. The van der Waals surface area contributed by atoms with E-state index in [1.807, 2.05) is 12.1 Å². The molecular formula is C18H16N2O2. The van der Waals surface area contributed by atoms with Crippen molar-refractivity contribution in [3.8, 4) is 16.8 Å². The number of hydrogen-bond donors (Lipinski definition) is 0. The molecule has 4 heteroatoms. The lowest BCUT2D eigenvalue weighted by Gasteiger charge is -2.09. The van der Waals surface area contributed by atoms with Crippen molar-refractivity contribution in [3.05, 3.63) is 82.2 Å². The molecule has 0 N–H and O–H groups in total. The summed E-state index contributed by atoms with van der Waals surface area (Å²) in [7, 11) is 0. The van der Waals surface area contributed by atoms with Gasteiger partial charge >= 0.3 is 0 Å². The van der Waals surface area contributed by atoms with Gasteiger partial charge in [-0.1, -0.05) is 18.2 Å². The predicted octanol–water partition coefficient (Wildman–Crippen LogP) is 4.67. The van der Waals surface area contributed by atoms with Crippen LogP contribution in [0.4, 0.5) is 5.69 Å². The largest absolute Gasteiger partial charge is 0.320 e. The molecule has 1 aromatic heterocycles. The summed E-state index contributed by atoms with van der Waals surface area (Å²) in [5, 5.41) is 10.7. The normalized spacial score (nSPS) is 10.6. The lowest BCUT2D eigenvalue weighted by atomic mass is 10.1. The zero-order valence-corrected chi connectivity index (χ0v) is 12.5. The Bertz CT molecular complexity index is 833. The maximum Gasteiger partial charge on any atom is 0.269 e. The summed E-state index contributed by atoms with van der Waals surface area (Å²) >= 11 is 0. The third-order valence-electron chi connectivity index (χ3n) is 3.80. The molecule has 110 valence electrons. The van der Waals surface area contributed by atoms with Gasteiger partial charge in [-0.05, 0) is 49.2 Å². The number of nitrogens with zero attached hydrogens (tertiary/aromatic N) is 2. The number of nitro benzene ring substituents is 1. The first-order valence-corrected chi connectivity index (χ1v) is 7.06. The van der Waals surface area contributed by atoms with Crippen molar-refractivity contribution in [2.75, 3.05) is 0 Å². The smallest absolute Gasteiger partial charge is 0.269 e. The van der Waals surface area contributed by atoms with Crippen LogP contribution in [-0.2, 0) is 0 Å². The molecule has 0 saturated heterocycles. The molecule has 0 aliphatic carbocycles. The first-order chi connectivity index (χ1) is 10.6. The second-order valence-electron chi connectivity index (χ2n) is 5.33. The van der Waals surface area contributed by atoms with Gasteiger partial charge in [-0.2, -0.15) is 0 Å². The van der Waals surface area contributed by atoms with Crippen LogP contribution < -0.4 is 0 Å². The summed E-state index contributed by atoms with van der Waals surface area (Å²) in [4.78, 5) is 10.3. The highest BCUT2D eigenvalue weighted by molar-refractivity contribution is 5.66. The van der Waals surface area contributed by atoms with Crippen molar-refractivity contribution in [3.63, 3.8) is 0 Å². The van der Waals surface area contributed by atoms with Gasteiger partial charge in [-0.15, -0.1) is 0 Å². The van der Waals surface area contributed by atoms with Crippen molar-refractivity contribution in [2.24, 2.45) is 0 Å². The maximum absolute atomic E-state index is 10.7. The fraction of sp³-hybridized carbons (Fsp3) is 0.111. The molecule has 3 rings (SSSR count). The van der Waals surface area contributed by atoms with E-state index < -0.39 is 0 Å². The minimum atomic E-state index is -0.381. The lowest BCUT2D eigenvalue weighted by molar-refractivity contribution is -0.384. The average Bonchev–Trinajstić information content (AvgIpc) is 2.90. The Balaban J connectivity index is 2.02. The van der Waals surface area contributed by atoms with E-state index in [4.69, 9.17) is 0 Å². The highest BCUT2D eigenvalue weighted by atomic mass is 16.6. The van der Waals surface area contributed by atoms with E-state index in [9.17, 15) is 10.1 Å². The monoisotopic (exact) mass is 292 g/mol. The number of nitro groups is 1. The molecule has 0 unspecified atom stereocenters. The fourth-order valence-electron chi connectivity index (χ4n) is 2.60. The zero-order chi connectivity index (χ0) is 15.7. The fourth-order valence-corrected chi connectivity index (χ4v) is 2.60. The molecule has 0 fully saturated rings. The van der Waals surface area contributed by atoms with E-state index in [-0.39, 0.29) is 10.6 Å². The van der Waals surface area contributed by atoms with Crippen LogP contribution >= 0.6 is 0 Å². The number of aromatic nitrogens is 1. The highest BCUT2D eigenvalue weighted by Crippen LogP contribution is 2.27. The Morgan fingerprint density at radius 1 is 0.955 bits per heavy atom. The van der Waals surface area contributed by atoms with Gasteiger partial charge in [0.1, 0.15) is 0 Å². The van der Waals surface area contributed by atoms with Crippen LogP contribution in [0.25, 0.3) is 16.8 Å². The van der Waals surface area contributed by atoms with Gasteiger partial charge in [0, 0.05) is 35.3 Å². The van der Waals surface area contributed by atoms with Crippen LogP contribution in [0.2, 0.25) is 0 Å². The van der Waals surface area contributed by atoms with E-state index in [1.54, 1.807) is 12.1 Å². The van der Waals surface area contributed by atoms with Crippen molar-refractivity contribution in [1.29, 1.82) is 0 Å². The van der Waals surface area contributed by atoms with Gasteiger partial charge in [0.25, 0.3) is 5.69 Å². The predicted molar refractivity (Wildman–Crippen MR) is 87.3 cm³/mol. The average molecular weight is 292 g/mol. The number of para-hydroxylation sites is 1. The molecule has 22 heavy (non-hydrogen) atoms. The highest BCUT2D eigenvalue weighted by Gasteiger charge is 2.09. The van der Waals surface area contributed by atoms with Crippen molar-refractivity contribution in [2.45, 2.75) is 13.8 Å². The molecule has 0 aliphatic rings. The number of benzene rings is 2. The third-order valence-corrected chi connectivity index (χ3v) is 3.80. The van der Waals surface area contributed by atoms with E-state index in [1.165, 1.54) is 17.7 Å². The molecule has 3 aromatic rings. The van der Waals surface area contributed by atoms with Crippen molar-refractivity contribution >= 4 is 5.69 Å². The van der Waals surface area contributed by atoms with Gasteiger partial charge in [-0.3, -0.25) is 10.1 Å². The topological polar surface area (TPSA) is 48.1 Å². The summed E-state index contributed by atoms with van der Waals surface area (Å²) in [5.74, 6) is 0. The molecule has 0 amide bonds. The van der Waals surface area contributed by atoms with Crippen LogP contribution in [0.3, 0.4) is 0 Å². The van der Waals surface area contributed by atoms with Crippen LogP contribution in [0.1, 0.15) is 11.3 Å². The minimum absolute atomic E-state index is 0.110. The summed E-state index contributed by atoms with van der Waals surface area (Å²) < 4.78 is 2.14. The van der Waals surface area contributed by atoms with Crippen molar-refractivity contribution in [1.82, 2.24) is 4.57 Å². The van der Waals surface area contributed by atoms with Gasteiger partial charge < -0.3 is 4.57 Å². The van der Waals surface area contributed by atoms with Crippen LogP contribution in [0, 0.1) is 24.0 Å². The van der Waals surface area contributed by atoms with Crippen LogP contribution in [0.5, 0.6) is 0 Å². The number of non-ortho nitro benzene ring substituents is 1. The second kappa shape index (κ2) is 5.48. The molecule has 0 radical (unpaired) electrons. The number of aryl methyl sites for hydroxylation is 2. The molecule has 4 nitrogen and oxygen atoms in total. The lowest BCUT2D eigenvalue weighted by Crippen LogP contribution is -1.96. The second-order valence-corrected chi connectivity index (χ2v) is 5.33. The quantitative estimate of drug-likeness (QED) is 0.520. The molecule has 0 atom stereocenters. The number of rotatable bonds is 3. The molecular weight excluding hydrogens is 276 g/mol. The summed E-state index contributed by atoms with van der Waals surface area (Å²) in [5.41, 5.74) is 5.61.